The van der Waals surface area contributed by atoms with Crippen LogP contribution in [-0.2, 0) is 19.1 Å². The minimum Gasteiger partial charge on any atom is -0.464 e. The summed E-state index contributed by atoms with van der Waals surface area (Å²) < 4.78 is 10.0. The molecule has 0 aliphatic rings. The van der Waals surface area contributed by atoms with E-state index in [0.29, 0.717) is 18.4 Å². The lowest BCUT2D eigenvalue weighted by Crippen LogP contribution is -2.30. The SMILES string of the molecule is CCCOC(=O)C(NC=O)c1ccccc1OC(C)=O. The Bertz CT molecular complexity index is 486. The van der Waals surface area contributed by atoms with Crippen molar-refractivity contribution in [3.63, 3.8) is 0 Å². The van der Waals surface area contributed by atoms with Crippen molar-refractivity contribution in [3.05, 3.63) is 29.8 Å². The Morgan fingerprint density at radius 2 is 2.05 bits per heavy atom. The molecular formula is C14H17NO5. The summed E-state index contributed by atoms with van der Waals surface area (Å²) in [4.78, 5) is 33.7. The molecule has 0 bridgehead atoms. The van der Waals surface area contributed by atoms with Gasteiger partial charge in [-0.1, -0.05) is 25.1 Å². The van der Waals surface area contributed by atoms with Gasteiger partial charge in [0.05, 0.1) is 6.61 Å². The number of rotatable bonds is 7. The van der Waals surface area contributed by atoms with Crippen LogP contribution in [0.25, 0.3) is 0 Å². The maximum atomic E-state index is 11.9. The van der Waals surface area contributed by atoms with E-state index in [2.05, 4.69) is 5.32 Å². The number of carbonyl (C=O) groups is 3. The maximum Gasteiger partial charge on any atom is 0.333 e. The van der Waals surface area contributed by atoms with E-state index in [-0.39, 0.29) is 12.4 Å². The molecule has 6 nitrogen and oxygen atoms in total. The molecule has 0 radical (unpaired) electrons. The summed E-state index contributed by atoms with van der Waals surface area (Å²) in [5, 5.41) is 2.37. The zero-order valence-corrected chi connectivity index (χ0v) is 11.4. The molecule has 0 aliphatic heterocycles. The van der Waals surface area contributed by atoms with Gasteiger partial charge in [-0.15, -0.1) is 0 Å². The average molecular weight is 279 g/mol. The highest BCUT2D eigenvalue weighted by molar-refractivity contribution is 5.81. The molecule has 108 valence electrons. The van der Waals surface area contributed by atoms with Crippen LogP contribution < -0.4 is 10.1 Å². The summed E-state index contributed by atoms with van der Waals surface area (Å²) in [7, 11) is 0. The smallest absolute Gasteiger partial charge is 0.333 e. The number of ether oxygens (including phenoxy) is 2. The number of nitrogens with one attached hydrogen (secondary N) is 1. The summed E-state index contributed by atoms with van der Waals surface area (Å²) in [6.45, 7) is 3.38. The summed E-state index contributed by atoms with van der Waals surface area (Å²) >= 11 is 0. The van der Waals surface area contributed by atoms with E-state index in [9.17, 15) is 14.4 Å². The molecule has 1 amide bonds. The molecule has 6 heteroatoms. The van der Waals surface area contributed by atoms with Crippen LogP contribution >= 0.6 is 0 Å². The first-order valence-electron chi connectivity index (χ1n) is 6.23. The second-order valence-electron chi connectivity index (χ2n) is 4.02. The maximum absolute atomic E-state index is 11.9. The molecule has 0 saturated heterocycles. The van der Waals surface area contributed by atoms with Gasteiger partial charge in [-0.05, 0) is 12.5 Å². The third kappa shape index (κ3) is 4.38. The number of esters is 2. The van der Waals surface area contributed by atoms with Gasteiger partial charge in [0.15, 0.2) is 6.04 Å². The quantitative estimate of drug-likeness (QED) is 0.463. The summed E-state index contributed by atoms with van der Waals surface area (Å²) in [6, 6.07) is 5.47. The Balaban J connectivity index is 3.04. The number of carbonyl (C=O) groups excluding carboxylic acids is 3. The molecule has 0 aromatic heterocycles. The van der Waals surface area contributed by atoms with Crippen LogP contribution in [0.1, 0.15) is 31.9 Å². The van der Waals surface area contributed by atoms with Crippen molar-refractivity contribution in [2.45, 2.75) is 26.3 Å². The van der Waals surface area contributed by atoms with Gasteiger partial charge in [-0.25, -0.2) is 4.79 Å². The predicted octanol–water partition coefficient (Wildman–Crippen LogP) is 1.35. The molecule has 20 heavy (non-hydrogen) atoms. The van der Waals surface area contributed by atoms with E-state index in [1.165, 1.54) is 6.92 Å². The Morgan fingerprint density at radius 3 is 2.65 bits per heavy atom. The van der Waals surface area contributed by atoms with Gasteiger partial charge >= 0.3 is 11.9 Å². The van der Waals surface area contributed by atoms with Gasteiger partial charge < -0.3 is 14.8 Å². The highest BCUT2D eigenvalue weighted by Crippen LogP contribution is 2.26. The van der Waals surface area contributed by atoms with E-state index in [4.69, 9.17) is 9.47 Å². The fourth-order valence-electron chi connectivity index (χ4n) is 1.61. The lowest BCUT2D eigenvalue weighted by Gasteiger charge is -2.17. The minimum absolute atomic E-state index is 0.216. The fourth-order valence-corrected chi connectivity index (χ4v) is 1.61. The van der Waals surface area contributed by atoms with Gasteiger partial charge in [0.1, 0.15) is 5.75 Å². The number of hydrogen-bond donors (Lipinski definition) is 1. The van der Waals surface area contributed by atoms with Crippen LogP contribution in [-0.4, -0.2) is 25.0 Å². The molecule has 0 spiro atoms. The molecule has 1 N–H and O–H groups in total. The van der Waals surface area contributed by atoms with Crippen molar-refractivity contribution in [2.24, 2.45) is 0 Å². The molecule has 1 unspecified atom stereocenters. The van der Waals surface area contributed by atoms with Gasteiger partial charge in [0.2, 0.25) is 6.41 Å². The molecular weight excluding hydrogens is 262 g/mol. The second-order valence-corrected chi connectivity index (χ2v) is 4.02. The fraction of sp³-hybridized carbons (Fsp3) is 0.357. The summed E-state index contributed by atoms with van der Waals surface area (Å²) in [6.07, 6.45) is 1.08. The Labute approximate surface area is 117 Å². The highest BCUT2D eigenvalue weighted by atomic mass is 16.5. The van der Waals surface area contributed by atoms with Crippen LogP contribution in [0.2, 0.25) is 0 Å². The standard InChI is InChI=1S/C14H17NO5/c1-3-8-19-14(18)13(15-9-16)11-6-4-5-7-12(11)20-10(2)17/h4-7,9,13H,3,8H2,1-2H3,(H,15,16). The molecule has 0 heterocycles. The first-order chi connectivity index (χ1) is 9.60. The van der Waals surface area contributed by atoms with Gasteiger partial charge in [-0.3, -0.25) is 9.59 Å². The normalized spacial score (nSPS) is 11.3. The van der Waals surface area contributed by atoms with E-state index < -0.39 is 18.0 Å². The van der Waals surface area contributed by atoms with Crippen molar-refractivity contribution in [1.29, 1.82) is 0 Å². The first kappa shape index (κ1) is 15.7. The van der Waals surface area contributed by atoms with Gasteiger partial charge in [-0.2, -0.15) is 0 Å². The number of hydrogen-bond acceptors (Lipinski definition) is 5. The molecule has 1 aromatic carbocycles. The lowest BCUT2D eigenvalue weighted by atomic mass is 10.1. The Morgan fingerprint density at radius 1 is 1.35 bits per heavy atom. The van der Waals surface area contributed by atoms with Crippen LogP contribution in [0.3, 0.4) is 0 Å². The van der Waals surface area contributed by atoms with Crippen LogP contribution in [0.15, 0.2) is 24.3 Å². The molecule has 1 atom stereocenters. The molecule has 0 fully saturated rings. The average Bonchev–Trinajstić information content (AvgIpc) is 2.42. The van der Waals surface area contributed by atoms with Crippen LogP contribution in [0.5, 0.6) is 5.75 Å². The highest BCUT2D eigenvalue weighted by Gasteiger charge is 2.25. The first-order valence-corrected chi connectivity index (χ1v) is 6.23. The van der Waals surface area contributed by atoms with Crippen molar-refractivity contribution in [2.75, 3.05) is 6.61 Å². The second kappa shape index (κ2) is 7.93. The largest absolute Gasteiger partial charge is 0.464 e. The van der Waals surface area contributed by atoms with Gasteiger partial charge in [0.25, 0.3) is 0 Å². The van der Waals surface area contributed by atoms with E-state index in [1.807, 2.05) is 6.92 Å². The Kier molecular flexibility index (Phi) is 6.22. The predicted molar refractivity (Wildman–Crippen MR) is 70.9 cm³/mol. The van der Waals surface area contributed by atoms with Crippen LogP contribution in [0, 0.1) is 0 Å². The van der Waals surface area contributed by atoms with Crippen LogP contribution in [0.4, 0.5) is 0 Å². The summed E-state index contributed by atoms with van der Waals surface area (Å²) in [5.74, 6) is -0.893. The zero-order valence-electron chi connectivity index (χ0n) is 11.4. The number of benzene rings is 1. The zero-order chi connectivity index (χ0) is 15.0. The molecule has 0 saturated carbocycles. The van der Waals surface area contributed by atoms with Crippen molar-refractivity contribution < 1.29 is 23.9 Å². The molecule has 1 rings (SSSR count). The number of para-hydroxylation sites is 1. The van der Waals surface area contributed by atoms with E-state index in [1.54, 1.807) is 24.3 Å². The third-order valence-electron chi connectivity index (χ3n) is 2.40. The Hall–Kier alpha value is -2.37. The van der Waals surface area contributed by atoms with E-state index in [0.717, 1.165) is 0 Å². The molecule has 1 aromatic rings. The topological polar surface area (TPSA) is 81.7 Å². The van der Waals surface area contributed by atoms with E-state index >= 15 is 0 Å². The third-order valence-corrected chi connectivity index (χ3v) is 2.40. The minimum atomic E-state index is -1.01. The van der Waals surface area contributed by atoms with Crippen molar-refractivity contribution in [1.82, 2.24) is 5.32 Å². The van der Waals surface area contributed by atoms with Crippen molar-refractivity contribution in [3.8, 4) is 5.75 Å². The monoisotopic (exact) mass is 279 g/mol. The molecule has 0 aliphatic carbocycles. The lowest BCUT2D eigenvalue weighted by molar-refractivity contribution is -0.147. The summed E-state index contributed by atoms with van der Waals surface area (Å²) in [5.41, 5.74) is 0.371. The number of amides is 1. The van der Waals surface area contributed by atoms with Gasteiger partial charge in [0, 0.05) is 12.5 Å². The van der Waals surface area contributed by atoms with Crippen molar-refractivity contribution >= 4 is 18.3 Å².